The lowest BCUT2D eigenvalue weighted by Crippen LogP contribution is -2.45. The van der Waals surface area contributed by atoms with Crippen molar-refractivity contribution in [3.05, 3.63) is 35.9 Å². The average molecular weight is 368 g/mol. The van der Waals surface area contributed by atoms with Crippen LogP contribution in [0.4, 0.5) is 0 Å². The summed E-state index contributed by atoms with van der Waals surface area (Å²) in [7, 11) is 0. The summed E-state index contributed by atoms with van der Waals surface area (Å²) in [6, 6.07) is 10.4. The maximum absolute atomic E-state index is 12.6. The van der Waals surface area contributed by atoms with Crippen LogP contribution in [0.25, 0.3) is 0 Å². The van der Waals surface area contributed by atoms with E-state index in [1.54, 1.807) is 0 Å². The number of imide groups is 1. The number of likely N-dealkylation sites (tertiary alicyclic amines) is 1. The Morgan fingerprint density at radius 1 is 0.963 bits per heavy atom. The van der Waals surface area contributed by atoms with Crippen LogP contribution >= 0.6 is 0 Å². The smallest absolute Gasteiger partial charge is 0.240 e. The predicted molar refractivity (Wildman–Crippen MR) is 102 cm³/mol. The van der Waals surface area contributed by atoms with E-state index in [1.807, 2.05) is 18.2 Å². The number of nitrogens with one attached hydrogen (secondary N) is 1. The molecule has 27 heavy (non-hydrogen) atoms. The Morgan fingerprint density at radius 2 is 1.56 bits per heavy atom. The molecule has 2 unspecified atom stereocenters. The molecule has 1 saturated heterocycles. The molecule has 3 amide bonds. The third-order valence-corrected chi connectivity index (χ3v) is 6.80. The number of amides is 3. The van der Waals surface area contributed by atoms with Gasteiger partial charge in [-0.05, 0) is 31.2 Å². The normalized spacial score (nSPS) is 26.9. The van der Waals surface area contributed by atoms with Gasteiger partial charge in [0.15, 0.2) is 0 Å². The predicted octanol–water partition coefficient (Wildman–Crippen LogP) is 2.79. The highest BCUT2D eigenvalue weighted by Crippen LogP contribution is 2.41. The highest BCUT2D eigenvalue weighted by Gasteiger charge is 2.48. The minimum atomic E-state index is -0.224. The monoisotopic (exact) mass is 368 g/mol. The number of carbonyl (C=O) groups is 3. The summed E-state index contributed by atoms with van der Waals surface area (Å²) in [5, 5.41) is 3.03. The molecule has 2 saturated carbocycles. The molecule has 5 heteroatoms. The van der Waals surface area contributed by atoms with Crippen LogP contribution in [0.2, 0.25) is 0 Å². The second-order valence-corrected chi connectivity index (χ2v) is 8.39. The van der Waals surface area contributed by atoms with Crippen LogP contribution in [-0.2, 0) is 19.8 Å². The fourth-order valence-electron chi connectivity index (χ4n) is 5.27. The topological polar surface area (TPSA) is 66.5 Å². The first kappa shape index (κ1) is 18.2. The maximum Gasteiger partial charge on any atom is 0.240 e. The molecule has 0 spiro atoms. The molecule has 1 heterocycles. The van der Waals surface area contributed by atoms with Crippen LogP contribution in [-0.4, -0.2) is 35.7 Å². The lowest BCUT2D eigenvalue weighted by atomic mass is 9.79. The van der Waals surface area contributed by atoms with Gasteiger partial charge < -0.3 is 5.32 Å². The quantitative estimate of drug-likeness (QED) is 0.813. The van der Waals surface area contributed by atoms with Crippen molar-refractivity contribution in [3.8, 4) is 0 Å². The van der Waals surface area contributed by atoms with Gasteiger partial charge in [0.25, 0.3) is 0 Å². The van der Waals surface area contributed by atoms with Gasteiger partial charge in [-0.1, -0.05) is 56.0 Å². The Kier molecular flexibility index (Phi) is 5.02. The lowest BCUT2D eigenvalue weighted by Gasteiger charge is -2.30. The third kappa shape index (κ3) is 3.40. The average Bonchev–Trinajstić information content (AvgIpc) is 3.28. The summed E-state index contributed by atoms with van der Waals surface area (Å²) in [5.41, 5.74) is 1.24. The van der Waals surface area contributed by atoms with Crippen LogP contribution in [0.15, 0.2) is 30.3 Å². The maximum atomic E-state index is 12.6. The van der Waals surface area contributed by atoms with Gasteiger partial charge in [-0.25, -0.2) is 0 Å². The molecular formula is C22H28N2O3. The molecule has 0 aromatic heterocycles. The van der Waals surface area contributed by atoms with Gasteiger partial charge in [0.1, 0.15) is 6.54 Å². The van der Waals surface area contributed by atoms with Crippen molar-refractivity contribution >= 4 is 17.7 Å². The molecule has 2 atom stereocenters. The Morgan fingerprint density at radius 3 is 2.15 bits per heavy atom. The van der Waals surface area contributed by atoms with E-state index < -0.39 is 0 Å². The number of nitrogens with zero attached hydrogens (tertiary/aromatic N) is 1. The molecule has 0 bridgehead atoms. The van der Waals surface area contributed by atoms with E-state index in [9.17, 15) is 14.4 Å². The standard InChI is InChI=1S/C22H28N2O3/c25-19(14-24-20(26)17-10-4-5-11-18(17)21(24)27)23-15-22(12-6-7-13-22)16-8-2-1-3-9-16/h1-3,8-9,17-18H,4-7,10-15H2,(H,23,25). The zero-order chi connectivity index (χ0) is 18.9. The molecule has 1 aromatic carbocycles. The van der Waals surface area contributed by atoms with E-state index >= 15 is 0 Å². The molecular weight excluding hydrogens is 340 g/mol. The second-order valence-electron chi connectivity index (χ2n) is 8.39. The summed E-state index contributed by atoms with van der Waals surface area (Å²) >= 11 is 0. The van der Waals surface area contributed by atoms with Crippen molar-refractivity contribution in [2.24, 2.45) is 11.8 Å². The Labute approximate surface area is 160 Å². The molecule has 144 valence electrons. The highest BCUT2D eigenvalue weighted by molar-refractivity contribution is 6.07. The Balaban J connectivity index is 1.39. The van der Waals surface area contributed by atoms with Gasteiger partial charge in [-0.15, -0.1) is 0 Å². The first-order valence-electron chi connectivity index (χ1n) is 10.3. The molecule has 1 aromatic rings. The van der Waals surface area contributed by atoms with Crippen LogP contribution in [0.1, 0.15) is 56.9 Å². The number of benzene rings is 1. The van der Waals surface area contributed by atoms with Gasteiger partial charge in [0.2, 0.25) is 17.7 Å². The first-order chi connectivity index (χ1) is 13.1. The van der Waals surface area contributed by atoms with Crippen LogP contribution in [0.3, 0.4) is 0 Å². The minimum Gasteiger partial charge on any atom is -0.354 e. The van der Waals surface area contributed by atoms with Gasteiger partial charge in [0, 0.05) is 12.0 Å². The molecule has 3 fully saturated rings. The number of hydrogen-bond donors (Lipinski definition) is 1. The van der Waals surface area contributed by atoms with Crippen molar-refractivity contribution in [2.45, 2.75) is 56.8 Å². The van der Waals surface area contributed by atoms with E-state index in [2.05, 4.69) is 17.4 Å². The van der Waals surface area contributed by atoms with E-state index in [0.717, 1.165) is 51.4 Å². The number of rotatable bonds is 5. The summed E-state index contributed by atoms with van der Waals surface area (Å²) in [6.45, 7) is 0.439. The Hall–Kier alpha value is -2.17. The van der Waals surface area contributed by atoms with E-state index in [1.165, 1.54) is 10.5 Å². The summed E-state index contributed by atoms with van der Waals surface area (Å²) in [6.07, 6.45) is 8.01. The summed E-state index contributed by atoms with van der Waals surface area (Å²) in [5.74, 6) is -0.886. The molecule has 0 radical (unpaired) electrons. The number of carbonyl (C=O) groups excluding carboxylic acids is 3. The molecule has 4 rings (SSSR count). The van der Waals surface area contributed by atoms with Crippen LogP contribution in [0.5, 0.6) is 0 Å². The number of hydrogen-bond acceptors (Lipinski definition) is 3. The Bertz CT molecular complexity index is 700. The lowest BCUT2D eigenvalue weighted by molar-refractivity contribution is -0.143. The van der Waals surface area contributed by atoms with Gasteiger partial charge in [-0.3, -0.25) is 19.3 Å². The van der Waals surface area contributed by atoms with E-state index in [4.69, 9.17) is 0 Å². The van der Waals surface area contributed by atoms with Crippen LogP contribution in [0, 0.1) is 11.8 Å². The fraction of sp³-hybridized carbons (Fsp3) is 0.591. The first-order valence-corrected chi connectivity index (χ1v) is 10.3. The molecule has 1 aliphatic heterocycles. The van der Waals surface area contributed by atoms with Crippen molar-refractivity contribution < 1.29 is 14.4 Å². The number of fused-ring (bicyclic) bond motifs is 1. The van der Waals surface area contributed by atoms with Crippen molar-refractivity contribution in [1.29, 1.82) is 0 Å². The van der Waals surface area contributed by atoms with E-state index in [0.29, 0.717) is 6.54 Å². The molecule has 3 aliphatic rings. The second kappa shape index (κ2) is 7.45. The van der Waals surface area contributed by atoms with E-state index in [-0.39, 0.29) is 41.5 Å². The zero-order valence-corrected chi connectivity index (χ0v) is 15.8. The molecule has 5 nitrogen and oxygen atoms in total. The zero-order valence-electron chi connectivity index (χ0n) is 15.8. The molecule has 1 N–H and O–H groups in total. The SMILES string of the molecule is O=C(CN1C(=O)C2CCCCC2C1=O)NCC1(c2ccccc2)CCCC1. The van der Waals surface area contributed by atoms with Crippen molar-refractivity contribution in [3.63, 3.8) is 0 Å². The summed E-state index contributed by atoms with van der Waals surface area (Å²) < 4.78 is 0. The fourth-order valence-corrected chi connectivity index (χ4v) is 5.27. The minimum absolute atomic E-state index is 0.0239. The summed E-state index contributed by atoms with van der Waals surface area (Å²) in [4.78, 5) is 38.9. The van der Waals surface area contributed by atoms with Gasteiger partial charge >= 0.3 is 0 Å². The van der Waals surface area contributed by atoms with Crippen molar-refractivity contribution in [2.75, 3.05) is 13.1 Å². The van der Waals surface area contributed by atoms with Crippen LogP contribution < -0.4 is 5.32 Å². The van der Waals surface area contributed by atoms with Crippen molar-refractivity contribution in [1.82, 2.24) is 10.2 Å². The van der Waals surface area contributed by atoms with Gasteiger partial charge in [-0.2, -0.15) is 0 Å². The third-order valence-electron chi connectivity index (χ3n) is 6.80. The molecule has 2 aliphatic carbocycles. The highest BCUT2D eigenvalue weighted by atomic mass is 16.2. The largest absolute Gasteiger partial charge is 0.354 e. The van der Waals surface area contributed by atoms with Gasteiger partial charge in [0.05, 0.1) is 11.8 Å².